The zero-order chi connectivity index (χ0) is 29.5. The normalized spacial score (nSPS) is 27.7. The van der Waals surface area contributed by atoms with Gasteiger partial charge in [-0.1, -0.05) is 131 Å². The minimum absolute atomic E-state index is 0.0888. The minimum Gasteiger partial charge on any atom is -0.383 e. The highest BCUT2D eigenvalue weighted by molar-refractivity contribution is 6.55. The second kappa shape index (κ2) is 17.9. The summed E-state index contributed by atoms with van der Waals surface area (Å²) in [6.45, 7) is 23.0. The van der Waals surface area contributed by atoms with Crippen molar-refractivity contribution in [2.24, 2.45) is 5.92 Å². The van der Waals surface area contributed by atoms with E-state index < -0.39 is 0 Å². The van der Waals surface area contributed by atoms with E-state index in [9.17, 15) is 0 Å². The van der Waals surface area contributed by atoms with Crippen molar-refractivity contribution in [1.29, 1.82) is 0 Å². The number of ether oxygens (including phenoxy) is 1. The average Bonchev–Trinajstić information content (AvgIpc) is 3.00. The molecule has 1 N–H and O–H groups in total. The van der Waals surface area contributed by atoms with Gasteiger partial charge >= 0.3 is 0 Å². The molecular formula is C37H53BN2O. The molecule has 2 aliphatic heterocycles. The van der Waals surface area contributed by atoms with E-state index >= 15 is 0 Å². The maximum Gasteiger partial charge on any atom is 0.187 e. The molecule has 2 fully saturated rings. The number of rotatable bonds is 11. The van der Waals surface area contributed by atoms with Gasteiger partial charge in [-0.05, 0) is 49.8 Å². The van der Waals surface area contributed by atoms with Crippen molar-refractivity contribution in [3.05, 3.63) is 121 Å². The Morgan fingerprint density at radius 3 is 2.29 bits per heavy atom. The van der Waals surface area contributed by atoms with Crippen LogP contribution in [0.4, 0.5) is 0 Å². The molecule has 1 saturated carbocycles. The van der Waals surface area contributed by atoms with Crippen LogP contribution in [0.2, 0.25) is 0 Å². The van der Waals surface area contributed by atoms with Crippen LogP contribution in [0.15, 0.2) is 121 Å². The molecule has 3 rings (SSSR count). The molecule has 0 bridgehead atoms. The Morgan fingerprint density at radius 1 is 0.902 bits per heavy atom. The van der Waals surface area contributed by atoms with Gasteiger partial charge in [-0.25, -0.2) is 0 Å². The smallest absolute Gasteiger partial charge is 0.187 e. The summed E-state index contributed by atoms with van der Waals surface area (Å²) in [5.74, 6) is 0.162. The quantitative estimate of drug-likeness (QED) is 0.207. The Morgan fingerprint density at radius 2 is 1.61 bits per heavy atom. The number of morpholine rings is 1. The van der Waals surface area contributed by atoms with Crippen molar-refractivity contribution in [3.8, 4) is 0 Å². The third-order valence-corrected chi connectivity index (χ3v) is 8.85. The first kappa shape index (κ1) is 32.7. The molecule has 4 atom stereocenters. The maximum atomic E-state index is 6.63. The lowest BCUT2D eigenvalue weighted by atomic mass is 9.53. The lowest BCUT2D eigenvalue weighted by Crippen LogP contribution is -2.51. The van der Waals surface area contributed by atoms with Gasteiger partial charge in [0.1, 0.15) is 0 Å². The predicted octanol–water partition coefficient (Wildman–Crippen LogP) is 8.06. The van der Waals surface area contributed by atoms with E-state index in [0.717, 1.165) is 27.0 Å². The van der Waals surface area contributed by atoms with Crippen LogP contribution >= 0.6 is 0 Å². The van der Waals surface area contributed by atoms with Gasteiger partial charge in [0.25, 0.3) is 0 Å². The van der Waals surface area contributed by atoms with Crippen LogP contribution in [0.1, 0.15) is 65.2 Å². The lowest BCUT2D eigenvalue weighted by Gasteiger charge is -2.44. The Hall–Kier alpha value is -2.82. The van der Waals surface area contributed by atoms with Gasteiger partial charge in [0.2, 0.25) is 0 Å². The summed E-state index contributed by atoms with van der Waals surface area (Å²) in [6, 6.07) is 1.08. The number of nitrogens with one attached hydrogen (secondary N) is 1. The highest BCUT2D eigenvalue weighted by Gasteiger charge is 2.37. The average molecular weight is 553 g/mol. The molecular weight excluding hydrogens is 499 g/mol. The Labute approximate surface area is 251 Å². The SMILES string of the molecule is C=C/C=C\C1=C(C)BC(C=C)=C(/C=C\C=C)C1C1CN(C2CCCCCCC(NC(/C=C\C=C)=C/C)CC2)CCO1. The zero-order valence-electron chi connectivity index (χ0n) is 25.8. The molecule has 0 radical (unpaired) electrons. The monoisotopic (exact) mass is 552 g/mol. The molecule has 0 aromatic rings. The van der Waals surface area contributed by atoms with Gasteiger partial charge in [-0.3, -0.25) is 4.90 Å². The summed E-state index contributed by atoms with van der Waals surface area (Å²) < 4.78 is 6.63. The molecule has 41 heavy (non-hydrogen) atoms. The van der Waals surface area contributed by atoms with Gasteiger partial charge < -0.3 is 10.1 Å². The van der Waals surface area contributed by atoms with Crippen molar-refractivity contribution in [3.63, 3.8) is 0 Å². The van der Waals surface area contributed by atoms with Crippen LogP contribution in [0.3, 0.4) is 0 Å². The summed E-state index contributed by atoms with van der Waals surface area (Å²) in [6.07, 6.45) is 32.8. The topological polar surface area (TPSA) is 24.5 Å². The highest BCUT2D eigenvalue weighted by Crippen LogP contribution is 2.38. The Bertz CT molecular complexity index is 1090. The molecule has 0 spiro atoms. The largest absolute Gasteiger partial charge is 0.383 e. The van der Waals surface area contributed by atoms with E-state index in [1.807, 2.05) is 30.4 Å². The van der Waals surface area contributed by atoms with Crippen LogP contribution in [0.25, 0.3) is 0 Å². The van der Waals surface area contributed by atoms with Crippen molar-refractivity contribution >= 4 is 7.28 Å². The third-order valence-electron chi connectivity index (χ3n) is 8.85. The molecule has 0 aromatic carbocycles. The minimum atomic E-state index is 0.0888. The van der Waals surface area contributed by atoms with Crippen molar-refractivity contribution in [2.45, 2.75) is 83.4 Å². The number of hydrogen-bond donors (Lipinski definition) is 1. The summed E-state index contributed by atoms with van der Waals surface area (Å²) in [4.78, 5) is 2.75. The maximum absolute atomic E-state index is 6.63. The highest BCUT2D eigenvalue weighted by atomic mass is 16.5. The van der Waals surface area contributed by atoms with Gasteiger partial charge in [0.15, 0.2) is 7.28 Å². The summed E-state index contributed by atoms with van der Waals surface area (Å²) in [7, 11) is 0.914. The molecule has 3 aliphatic rings. The predicted molar refractivity (Wildman–Crippen MR) is 181 cm³/mol. The first-order chi connectivity index (χ1) is 20.1. The Kier molecular flexibility index (Phi) is 14.3. The van der Waals surface area contributed by atoms with Crippen LogP contribution in [-0.2, 0) is 4.74 Å². The second-order valence-corrected chi connectivity index (χ2v) is 11.6. The van der Waals surface area contributed by atoms with E-state index in [2.05, 4.69) is 86.8 Å². The molecule has 0 aromatic heterocycles. The van der Waals surface area contributed by atoms with Gasteiger partial charge in [0, 0.05) is 36.8 Å². The van der Waals surface area contributed by atoms with Gasteiger partial charge in [-0.2, -0.15) is 0 Å². The molecule has 2 heterocycles. The van der Waals surface area contributed by atoms with Crippen LogP contribution in [0.5, 0.6) is 0 Å². The van der Waals surface area contributed by atoms with E-state index in [1.165, 1.54) is 79.2 Å². The van der Waals surface area contributed by atoms with Crippen molar-refractivity contribution in [1.82, 2.24) is 10.2 Å². The van der Waals surface area contributed by atoms with Crippen LogP contribution < -0.4 is 5.32 Å². The summed E-state index contributed by atoms with van der Waals surface area (Å²) in [5.41, 5.74) is 6.53. The zero-order valence-corrected chi connectivity index (χ0v) is 25.8. The van der Waals surface area contributed by atoms with Gasteiger partial charge in [0.05, 0.1) is 12.7 Å². The fourth-order valence-corrected chi connectivity index (χ4v) is 6.69. The standard InChI is InChI=1S/C37H53BN2O/c1-7-12-19-30(10-4)39-31-20-17-15-16-18-21-32(25-24-31)40-26-27-41-36(28-40)37-33(22-13-8-2)29(6)38-35(11-5)34(37)23-14-9-3/h7-14,19,22-23,31-32,36-39H,1-3,5,15-18,20-21,24-28H2,4,6H3/b19-12-,22-13-,23-14-,30-10+. The molecule has 4 heteroatoms. The summed E-state index contributed by atoms with van der Waals surface area (Å²) >= 11 is 0. The molecule has 3 nitrogen and oxygen atoms in total. The number of nitrogens with zero attached hydrogens (tertiary/aromatic N) is 1. The van der Waals surface area contributed by atoms with Crippen LogP contribution in [-0.4, -0.2) is 50.1 Å². The fraction of sp³-hybridized carbons (Fsp3) is 0.459. The first-order valence-electron chi connectivity index (χ1n) is 15.8. The van der Waals surface area contributed by atoms with Crippen molar-refractivity contribution < 1.29 is 4.74 Å². The van der Waals surface area contributed by atoms with E-state index in [1.54, 1.807) is 0 Å². The molecule has 0 amide bonds. The van der Waals surface area contributed by atoms with E-state index in [4.69, 9.17) is 4.74 Å². The second-order valence-electron chi connectivity index (χ2n) is 11.6. The molecule has 1 saturated heterocycles. The molecule has 220 valence electrons. The first-order valence-corrected chi connectivity index (χ1v) is 15.8. The Balaban J connectivity index is 1.84. The molecule has 4 unspecified atom stereocenters. The lowest BCUT2D eigenvalue weighted by molar-refractivity contribution is -0.0593. The van der Waals surface area contributed by atoms with E-state index in [-0.39, 0.29) is 12.0 Å². The fourth-order valence-electron chi connectivity index (χ4n) is 6.69. The summed E-state index contributed by atoms with van der Waals surface area (Å²) in [5, 5.41) is 3.84. The van der Waals surface area contributed by atoms with E-state index in [0.29, 0.717) is 12.1 Å². The van der Waals surface area contributed by atoms with Gasteiger partial charge in [-0.15, -0.1) is 0 Å². The van der Waals surface area contributed by atoms with Crippen molar-refractivity contribution in [2.75, 3.05) is 19.7 Å². The van der Waals surface area contributed by atoms with Crippen LogP contribution in [0, 0.1) is 5.92 Å². The third kappa shape index (κ3) is 9.62. The number of allylic oxidation sites excluding steroid dienone is 13. The molecule has 1 aliphatic carbocycles. The number of hydrogen-bond acceptors (Lipinski definition) is 3.